The van der Waals surface area contributed by atoms with Crippen molar-refractivity contribution in [2.75, 3.05) is 20.1 Å². The van der Waals surface area contributed by atoms with Crippen LogP contribution in [-0.2, 0) is 16.0 Å². The molecule has 0 unspecified atom stereocenters. The van der Waals surface area contributed by atoms with E-state index in [4.69, 9.17) is 0 Å². The number of likely N-dealkylation sites (N-methyl/N-ethyl adjacent to an activating group) is 1. The van der Waals surface area contributed by atoms with E-state index in [0.717, 1.165) is 45.1 Å². The molecule has 7 nitrogen and oxygen atoms in total. The lowest BCUT2D eigenvalue weighted by molar-refractivity contribution is -0.126. The zero-order valence-corrected chi connectivity index (χ0v) is 24.3. The van der Waals surface area contributed by atoms with Gasteiger partial charge in [-0.1, -0.05) is 43.5 Å². The highest BCUT2D eigenvalue weighted by atomic mass is 16.2. The van der Waals surface area contributed by atoms with Crippen molar-refractivity contribution in [2.45, 2.75) is 121 Å². The Morgan fingerprint density at radius 1 is 1.05 bits per heavy atom. The highest BCUT2D eigenvalue weighted by molar-refractivity contribution is 5.83. The Labute approximate surface area is 230 Å². The molecule has 1 aliphatic heterocycles. The fourth-order valence-electron chi connectivity index (χ4n) is 6.81. The highest BCUT2D eigenvalue weighted by Crippen LogP contribution is 2.32. The Kier molecular flexibility index (Phi) is 9.88. The van der Waals surface area contributed by atoms with E-state index in [0.29, 0.717) is 12.5 Å². The van der Waals surface area contributed by atoms with Crippen LogP contribution in [0.4, 0.5) is 0 Å². The van der Waals surface area contributed by atoms with Crippen molar-refractivity contribution in [3.8, 4) is 0 Å². The molecule has 0 spiro atoms. The number of carbonyl (C=O) groups excluding carboxylic acids is 2. The molecule has 4 N–H and O–H groups in total. The quantitative estimate of drug-likeness (QED) is 0.395. The summed E-state index contributed by atoms with van der Waals surface area (Å²) in [6.45, 7) is 10.0. The molecule has 5 atom stereocenters. The first-order valence-corrected chi connectivity index (χ1v) is 15.0. The minimum absolute atomic E-state index is 0.0246. The van der Waals surface area contributed by atoms with Crippen LogP contribution >= 0.6 is 0 Å². The van der Waals surface area contributed by atoms with Crippen LogP contribution in [0.25, 0.3) is 0 Å². The molecule has 7 heteroatoms. The summed E-state index contributed by atoms with van der Waals surface area (Å²) in [7, 11) is 1.83. The summed E-state index contributed by atoms with van der Waals surface area (Å²) in [6.07, 6.45) is 9.97. The molecule has 2 amide bonds. The number of nitrogens with zero attached hydrogens (tertiary/aromatic N) is 1. The zero-order chi connectivity index (χ0) is 27.3. The Bertz CT molecular complexity index is 938. The Morgan fingerprint density at radius 3 is 2.50 bits per heavy atom. The predicted octanol–water partition coefficient (Wildman–Crippen LogP) is 3.68. The maximum atomic E-state index is 13.9. The van der Waals surface area contributed by atoms with Gasteiger partial charge >= 0.3 is 0 Å². The van der Waals surface area contributed by atoms with Gasteiger partial charge in [0.25, 0.3) is 0 Å². The van der Waals surface area contributed by atoms with Gasteiger partial charge in [-0.15, -0.1) is 0 Å². The van der Waals surface area contributed by atoms with Crippen LogP contribution in [0.15, 0.2) is 24.3 Å². The molecule has 212 valence electrons. The average Bonchev–Trinajstić information content (AvgIpc) is 3.29. The van der Waals surface area contributed by atoms with Crippen molar-refractivity contribution < 1.29 is 9.59 Å². The molecule has 2 fully saturated rings. The number of aryl methyl sites for hydroxylation is 1. The van der Waals surface area contributed by atoms with Crippen molar-refractivity contribution in [1.29, 1.82) is 0 Å². The number of hydrogen-bond donors (Lipinski definition) is 4. The molecule has 0 radical (unpaired) electrons. The fraction of sp³-hybridized carbons (Fsp3) is 0.742. The number of likely N-dealkylation sites (tertiary alicyclic amines) is 1. The van der Waals surface area contributed by atoms with Gasteiger partial charge in [-0.05, 0) is 90.3 Å². The summed E-state index contributed by atoms with van der Waals surface area (Å²) >= 11 is 0. The predicted molar refractivity (Wildman–Crippen MR) is 154 cm³/mol. The van der Waals surface area contributed by atoms with Crippen molar-refractivity contribution in [2.24, 2.45) is 5.92 Å². The van der Waals surface area contributed by atoms with Gasteiger partial charge in [0.2, 0.25) is 11.8 Å². The number of rotatable bonds is 9. The normalized spacial score (nSPS) is 26.4. The van der Waals surface area contributed by atoms with Crippen LogP contribution in [0.2, 0.25) is 0 Å². The first kappa shape index (κ1) is 29.0. The van der Waals surface area contributed by atoms with Crippen LogP contribution in [0.1, 0.15) is 96.2 Å². The third-order valence-corrected chi connectivity index (χ3v) is 8.83. The SMILES string of the molecule is CN[C@@H](C)C(=O)N[C@H](CN1C[C@@H](NC(C)(C)C)C[C@H]1C(=O)N[C@@H]1CCCc2ccccc21)C1CCCCC1. The number of benzene rings is 1. The average molecular weight is 526 g/mol. The Morgan fingerprint density at radius 2 is 1.79 bits per heavy atom. The van der Waals surface area contributed by atoms with Gasteiger partial charge in [-0.25, -0.2) is 0 Å². The van der Waals surface area contributed by atoms with Gasteiger partial charge in [0.15, 0.2) is 0 Å². The highest BCUT2D eigenvalue weighted by Gasteiger charge is 2.41. The van der Waals surface area contributed by atoms with E-state index in [1.165, 1.54) is 30.4 Å². The van der Waals surface area contributed by atoms with Gasteiger partial charge in [-0.3, -0.25) is 14.5 Å². The molecular weight excluding hydrogens is 474 g/mol. The van der Waals surface area contributed by atoms with E-state index in [1.807, 2.05) is 14.0 Å². The maximum Gasteiger partial charge on any atom is 0.237 e. The molecule has 1 aromatic rings. The lowest BCUT2D eigenvalue weighted by Gasteiger charge is -2.36. The summed E-state index contributed by atoms with van der Waals surface area (Å²) in [5, 5.41) is 13.7. The van der Waals surface area contributed by atoms with E-state index in [2.05, 4.69) is 71.2 Å². The molecule has 0 aromatic heterocycles. The fourth-order valence-corrected chi connectivity index (χ4v) is 6.81. The molecular formula is C31H51N5O2. The maximum absolute atomic E-state index is 13.9. The van der Waals surface area contributed by atoms with Crippen molar-refractivity contribution in [1.82, 2.24) is 26.2 Å². The van der Waals surface area contributed by atoms with Gasteiger partial charge in [0, 0.05) is 30.7 Å². The molecule has 1 heterocycles. The second-order valence-electron chi connectivity index (χ2n) is 13.0. The van der Waals surface area contributed by atoms with Crippen molar-refractivity contribution in [3.05, 3.63) is 35.4 Å². The third-order valence-electron chi connectivity index (χ3n) is 8.83. The Hall–Kier alpha value is -1.96. The summed E-state index contributed by atoms with van der Waals surface area (Å²) < 4.78 is 0. The van der Waals surface area contributed by atoms with Crippen LogP contribution < -0.4 is 21.3 Å². The largest absolute Gasteiger partial charge is 0.350 e. The number of amides is 2. The van der Waals surface area contributed by atoms with Gasteiger partial charge < -0.3 is 21.3 Å². The Balaban J connectivity index is 1.52. The summed E-state index contributed by atoms with van der Waals surface area (Å²) in [6, 6.07) is 8.48. The van der Waals surface area contributed by atoms with Gasteiger partial charge in [0.05, 0.1) is 18.1 Å². The second kappa shape index (κ2) is 12.9. The monoisotopic (exact) mass is 525 g/mol. The zero-order valence-electron chi connectivity index (χ0n) is 24.3. The van der Waals surface area contributed by atoms with Crippen molar-refractivity contribution in [3.63, 3.8) is 0 Å². The first-order chi connectivity index (χ1) is 18.1. The minimum Gasteiger partial charge on any atom is -0.350 e. The number of fused-ring (bicyclic) bond motifs is 1. The summed E-state index contributed by atoms with van der Waals surface area (Å²) in [5.74, 6) is 0.633. The molecule has 2 aliphatic carbocycles. The topological polar surface area (TPSA) is 85.5 Å². The van der Waals surface area contributed by atoms with Crippen LogP contribution in [0, 0.1) is 5.92 Å². The summed E-state index contributed by atoms with van der Waals surface area (Å²) in [5.41, 5.74) is 2.61. The molecule has 3 aliphatic rings. The molecule has 1 aromatic carbocycles. The summed E-state index contributed by atoms with van der Waals surface area (Å²) in [4.78, 5) is 29.2. The van der Waals surface area contributed by atoms with Crippen LogP contribution in [-0.4, -0.2) is 66.6 Å². The van der Waals surface area contributed by atoms with E-state index in [1.54, 1.807) is 0 Å². The standard InChI is InChI=1S/C31H51N5O2/c1-21(32-5)29(37)34-27(23-13-7-6-8-14-23)20-36-19-24(35-31(2,3)4)18-28(36)30(38)33-26-17-11-15-22-12-9-10-16-25(22)26/h9-10,12,16,21,23-24,26-28,32,35H,6-8,11,13-15,17-20H2,1-5H3,(H,33,38)(H,34,37)/t21-,24-,26+,27+,28-/m0/s1. The van der Waals surface area contributed by atoms with E-state index in [-0.39, 0.29) is 47.6 Å². The van der Waals surface area contributed by atoms with E-state index < -0.39 is 0 Å². The second-order valence-corrected chi connectivity index (χ2v) is 13.0. The number of nitrogens with one attached hydrogen (secondary N) is 4. The lowest BCUT2D eigenvalue weighted by atomic mass is 9.83. The number of hydrogen-bond acceptors (Lipinski definition) is 5. The molecule has 38 heavy (non-hydrogen) atoms. The van der Waals surface area contributed by atoms with Crippen molar-refractivity contribution >= 4 is 11.8 Å². The minimum atomic E-state index is -0.236. The van der Waals surface area contributed by atoms with Crippen LogP contribution in [0.5, 0.6) is 0 Å². The van der Waals surface area contributed by atoms with E-state index in [9.17, 15) is 9.59 Å². The van der Waals surface area contributed by atoms with Gasteiger partial charge in [-0.2, -0.15) is 0 Å². The van der Waals surface area contributed by atoms with E-state index >= 15 is 0 Å². The van der Waals surface area contributed by atoms with Gasteiger partial charge in [0.1, 0.15) is 0 Å². The molecule has 0 bridgehead atoms. The third kappa shape index (κ3) is 7.57. The number of carbonyl (C=O) groups is 2. The van der Waals surface area contributed by atoms with Crippen LogP contribution in [0.3, 0.4) is 0 Å². The molecule has 1 saturated heterocycles. The molecule has 4 rings (SSSR count). The molecule has 1 saturated carbocycles. The lowest BCUT2D eigenvalue weighted by Crippen LogP contribution is -2.55. The first-order valence-electron chi connectivity index (χ1n) is 15.0. The smallest absolute Gasteiger partial charge is 0.237 e.